The van der Waals surface area contributed by atoms with Crippen molar-refractivity contribution in [3.05, 3.63) is 22.2 Å². The van der Waals surface area contributed by atoms with E-state index < -0.39 is 4.92 Å². The molecule has 7 heteroatoms. The van der Waals surface area contributed by atoms with Gasteiger partial charge in [0.1, 0.15) is 5.82 Å². The Morgan fingerprint density at radius 3 is 2.74 bits per heavy atom. The first kappa shape index (κ1) is 15.2. The fourth-order valence-electron chi connectivity index (χ4n) is 1.59. The number of hydrogen-bond acceptors (Lipinski definition) is 6. The molecule has 0 amide bonds. The molecule has 0 radical (unpaired) electrons. The molecule has 2 N–H and O–H groups in total. The van der Waals surface area contributed by atoms with Crippen LogP contribution in [0.25, 0.3) is 0 Å². The van der Waals surface area contributed by atoms with Crippen LogP contribution in [0.1, 0.15) is 20.8 Å². The number of nitro groups is 1. The summed E-state index contributed by atoms with van der Waals surface area (Å²) in [7, 11) is 0. The van der Waals surface area contributed by atoms with Gasteiger partial charge < -0.3 is 15.4 Å². The summed E-state index contributed by atoms with van der Waals surface area (Å²) in [5, 5.41) is 16.9. The van der Waals surface area contributed by atoms with Gasteiger partial charge in [-0.3, -0.25) is 10.1 Å². The molecule has 1 rings (SSSR count). The second-order valence-corrected chi connectivity index (χ2v) is 4.00. The number of anilines is 2. The van der Waals surface area contributed by atoms with Crippen molar-refractivity contribution < 1.29 is 9.66 Å². The van der Waals surface area contributed by atoms with E-state index >= 15 is 0 Å². The van der Waals surface area contributed by atoms with Gasteiger partial charge in [-0.15, -0.1) is 0 Å². The van der Waals surface area contributed by atoms with Crippen molar-refractivity contribution in [2.45, 2.75) is 26.9 Å². The Morgan fingerprint density at radius 1 is 1.42 bits per heavy atom. The summed E-state index contributed by atoms with van der Waals surface area (Å²) in [6, 6.07) is 3.04. The average Bonchev–Trinajstić information content (AvgIpc) is 2.37. The van der Waals surface area contributed by atoms with Crippen molar-refractivity contribution in [3.63, 3.8) is 0 Å². The van der Waals surface area contributed by atoms with Crippen LogP contribution < -0.4 is 10.6 Å². The Hall–Kier alpha value is -1.89. The summed E-state index contributed by atoms with van der Waals surface area (Å²) in [5.74, 6) is 0.870. The summed E-state index contributed by atoms with van der Waals surface area (Å²) >= 11 is 0. The SMILES string of the molecule is CCNc1ccc([N+](=O)[O-])c(NCC(C)OCC)n1. The maximum atomic E-state index is 10.9. The first-order valence-corrected chi connectivity index (χ1v) is 6.33. The summed E-state index contributed by atoms with van der Waals surface area (Å²) in [6.07, 6.45) is -0.0332. The Labute approximate surface area is 112 Å². The largest absolute Gasteiger partial charge is 0.377 e. The molecule has 0 aromatic carbocycles. The van der Waals surface area contributed by atoms with Crippen LogP contribution in [0.3, 0.4) is 0 Å². The number of pyridine rings is 1. The summed E-state index contributed by atoms with van der Waals surface area (Å²) in [6.45, 7) is 7.53. The predicted octanol–water partition coefficient (Wildman–Crippen LogP) is 2.26. The van der Waals surface area contributed by atoms with Crippen molar-refractivity contribution in [1.82, 2.24) is 4.98 Å². The molecule has 0 saturated heterocycles. The molecule has 1 heterocycles. The van der Waals surface area contributed by atoms with E-state index in [4.69, 9.17) is 4.74 Å². The molecular weight excluding hydrogens is 248 g/mol. The lowest BCUT2D eigenvalue weighted by Gasteiger charge is -2.13. The van der Waals surface area contributed by atoms with E-state index in [0.717, 1.165) is 0 Å². The quantitative estimate of drug-likeness (QED) is 0.555. The van der Waals surface area contributed by atoms with Gasteiger partial charge in [0.15, 0.2) is 0 Å². The first-order chi connectivity index (χ1) is 9.08. The van der Waals surface area contributed by atoms with Crippen LogP contribution in [0.5, 0.6) is 0 Å². The third-order valence-electron chi connectivity index (χ3n) is 2.44. The fourth-order valence-corrected chi connectivity index (χ4v) is 1.59. The van der Waals surface area contributed by atoms with Crippen LogP contribution in [0.2, 0.25) is 0 Å². The zero-order valence-electron chi connectivity index (χ0n) is 11.5. The molecule has 0 aliphatic heterocycles. The van der Waals surface area contributed by atoms with Gasteiger partial charge in [0.2, 0.25) is 5.82 Å². The van der Waals surface area contributed by atoms with Crippen LogP contribution in [0, 0.1) is 10.1 Å². The summed E-state index contributed by atoms with van der Waals surface area (Å²) < 4.78 is 5.37. The molecular formula is C12H20N4O3. The van der Waals surface area contributed by atoms with Gasteiger partial charge in [0, 0.05) is 25.8 Å². The molecule has 0 fully saturated rings. The second-order valence-electron chi connectivity index (χ2n) is 4.00. The maximum absolute atomic E-state index is 10.9. The fraction of sp³-hybridized carbons (Fsp3) is 0.583. The number of aromatic nitrogens is 1. The van der Waals surface area contributed by atoms with E-state index in [2.05, 4.69) is 15.6 Å². The lowest BCUT2D eigenvalue weighted by Crippen LogP contribution is -2.21. The summed E-state index contributed by atoms with van der Waals surface area (Å²) in [4.78, 5) is 14.7. The van der Waals surface area contributed by atoms with Crippen molar-refractivity contribution >= 4 is 17.3 Å². The van der Waals surface area contributed by atoms with Gasteiger partial charge in [0.05, 0.1) is 11.0 Å². The van der Waals surface area contributed by atoms with Gasteiger partial charge in [-0.1, -0.05) is 0 Å². The van der Waals surface area contributed by atoms with Crippen LogP contribution in [0.4, 0.5) is 17.3 Å². The van der Waals surface area contributed by atoms with E-state index in [1.54, 1.807) is 6.07 Å². The molecule has 1 unspecified atom stereocenters. The summed E-state index contributed by atoms with van der Waals surface area (Å²) in [5.41, 5.74) is -0.0367. The molecule has 1 aromatic heterocycles. The van der Waals surface area contributed by atoms with E-state index in [1.807, 2.05) is 20.8 Å². The highest BCUT2D eigenvalue weighted by Crippen LogP contribution is 2.23. The third-order valence-corrected chi connectivity index (χ3v) is 2.44. The monoisotopic (exact) mass is 268 g/mol. The predicted molar refractivity (Wildman–Crippen MR) is 74.6 cm³/mol. The third kappa shape index (κ3) is 4.70. The standard InChI is InChI=1S/C12H20N4O3/c1-4-13-11-7-6-10(16(17)18)12(15-11)14-8-9(3)19-5-2/h6-7,9H,4-5,8H2,1-3H3,(H2,13,14,15). The highest BCUT2D eigenvalue weighted by molar-refractivity contribution is 5.60. The molecule has 106 valence electrons. The Morgan fingerprint density at radius 2 is 2.16 bits per heavy atom. The zero-order valence-corrected chi connectivity index (χ0v) is 11.5. The number of hydrogen-bond donors (Lipinski definition) is 2. The van der Waals surface area contributed by atoms with Gasteiger partial charge >= 0.3 is 5.69 Å². The van der Waals surface area contributed by atoms with Gasteiger partial charge in [0.25, 0.3) is 0 Å². The van der Waals surface area contributed by atoms with E-state index in [9.17, 15) is 10.1 Å². The minimum atomic E-state index is -0.448. The highest BCUT2D eigenvalue weighted by atomic mass is 16.6. The van der Waals surface area contributed by atoms with Crippen molar-refractivity contribution in [1.29, 1.82) is 0 Å². The molecule has 0 saturated carbocycles. The van der Waals surface area contributed by atoms with Crippen LogP contribution in [-0.4, -0.2) is 35.7 Å². The average molecular weight is 268 g/mol. The van der Waals surface area contributed by atoms with Gasteiger partial charge in [-0.2, -0.15) is 0 Å². The first-order valence-electron chi connectivity index (χ1n) is 6.33. The lowest BCUT2D eigenvalue weighted by atomic mass is 10.3. The highest BCUT2D eigenvalue weighted by Gasteiger charge is 2.16. The number of rotatable bonds is 8. The lowest BCUT2D eigenvalue weighted by molar-refractivity contribution is -0.384. The topological polar surface area (TPSA) is 89.3 Å². The van der Waals surface area contributed by atoms with E-state index in [1.165, 1.54) is 6.07 Å². The maximum Gasteiger partial charge on any atom is 0.311 e. The molecule has 19 heavy (non-hydrogen) atoms. The molecule has 1 atom stereocenters. The molecule has 7 nitrogen and oxygen atoms in total. The van der Waals surface area contributed by atoms with E-state index in [-0.39, 0.29) is 17.6 Å². The van der Waals surface area contributed by atoms with Crippen LogP contribution >= 0.6 is 0 Å². The zero-order chi connectivity index (χ0) is 14.3. The smallest absolute Gasteiger partial charge is 0.311 e. The van der Waals surface area contributed by atoms with E-state index in [0.29, 0.717) is 25.5 Å². The Kier molecular flexibility index (Phi) is 6.01. The number of nitrogens with zero attached hydrogens (tertiary/aromatic N) is 2. The second kappa shape index (κ2) is 7.52. The Balaban J connectivity index is 2.82. The molecule has 0 aliphatic rings. The van der Waals surface area contributed by atoms with Gasteiger partial charge in [-0.05, 0) is 26.8 Å². The van der Waals surface area contributed by atoms with Crippen molar-refractivity contribution in [2.75, 3.05) is 30.3 Å². The minimum absolute atomic E-state index is 0.0332. The van der Waals surface area contributed by atoms with Crippen molar-refractivity contribution in [2.24, 2.45) is 0 Å². The molecule has 0 bridgehead atoms. The van der Waals surface area contributed by atoms with Crippen molar-refractivity contribution in [3.8, 4) is 0 Å². The number of ether oxygens (including phenoxy) is 1. The molecule has 1 aromatic rings. The normalized spacial score (nSPS) is 11.9. The molecule has 0 aliphatic carbocycles. The van der Waals surface area contributed by atoms with Gasteiger partial charge in [-0.25, -0.2) is 4.98 Å². The number of nitrogens with one attached hydrogen (secondary N) is 2. The molecule has 0 spiro atoms. The Bertz CT molecular complexity index is 425. The van der Waals surface area contributed by atoms with Crippen LogP contribution in [0.15, 0.2) is 12.1 Å². The van der Waals surface area contributed by atoms with Crippen LogP contribution in [-0.2, 0) is 4.74 Å². The minimum Gasteiger partial charge on any atom is -0.377 e.